The molecule has 14 aromatic rings. The van der Waals surface area contributed by atoms with E-state index in [1.54, 1.807) is 0 Å². The molecule has 0 bridgehead atoms. The maximum atomic E-state index is 6.41. The highest BCUT2D eigenvalue weighted by Gasteiger charge is 2.52. The molecule has 2 heteroatoms. The molecule has 1 spiro atoms. The number of rotatable bonds is 2. The van der Waals surface area contributed by atoms with Gasteiger partial charge in [0.15, 0.2) is 0 Å². The number of aromatic nitrogens is 1. The molecule has 3 heterocycles. The van der Waals surface area contributed by atoms with Crippen LogP contribution in [-0.2, 0) is 5.41 Å². The van der Waals surface area contributed by atoms with Crippen LogP contribution in [0.2, 0.25) is 0 Å². The quantitative estimate of drug-likeness (QED) is 0.159. The van der Waals surface area contributed by atoms with Crippen molar-refractivity contribution in [3.63, 3.8) is 0 Å². The van der Waals surface area contributed by atoms with Gasteiger partial charge in [-0.2, -0.15) is 0 Å². The molecular weight excluding hydrogens is 763 g/mol. The van der Waals surface area contributed by atoms with Gasteiger partial charge in [0, 0.05) is 32.3 Å². The van der Waals surface area contributed by atoms with Gasteiger partial charge in [0.2, 0.25) is 0 Å². The normalized spacial score (nSPS) is 13.8. The van der Waals surface area contributed by atoms with Crippen molar-refractivity contribution in [2.45, 2.75) is 5.41 Å². The molecule has 288 valence electrons. The molecule has 0 aliphatic heterocycles. The Morgan fingerprint density at radius 2 is 0.873 bits per heavy atom. The first-order chi connectivity index (χ1) is 31.3. The molecule has 2 nitrogen and oxygen atoms in total. The van der Waals surface area contributed by atoms with Crippen molar-refractivity contribution in [3.05, 3.63) is 222 Å². The maximum Gasteiger partial charge on any atom is 0.136 e. The molecule has 0 atom stereocenters. The molecule has 3 aromatic heterocycles. The molecule has 0 unspecified atom stereocenters. The van der Waals surface area contributed by atoms with E-state index in [0.717, 1.165) is 11.2 Å². The zero-order chi connectivity index (χ0) is 40.7. The summed E-state index contributed by atoms with van der Waals surface area (Å²) < 4.78 is 8.88. The SMILES string of the molecule is c1ccc2c(c1)-c1ccccc1C21c2cc(-c3ccc4c(c3)c3cccc5c6ccccc6n4c53)ccc2-c2c(-c3ccc4c(c3)c3cccc5oc6cccc4c6c53)cccc21. The smallest absolute Gasteiger partial charge is 0.136 e. The van der Waals surface area contributed by atoms with Gasteiger partial charge in [0.1, 0.15) is 11.2 Å². The fourth-order valence-electron chi connectivity index (χ4n) is 12.7. The summed E-state index contributed by atoms with van der Waals surface area (Å²) in [5.74, 6) is 0. The zero-order valence-corrected chi connectivity index (χ0v) is 33.9. The third-order valence-corrected chi connectivity index (χ3v) is 15.1. The molecule has 0 saturated heterocycles. The lowest BCUT2D eigenvalue weighted by Gasteiger charge is -2.31. The minimum absolute atomic E-state index is 0.482. The highest BCUT2D eigenvalue weighted by molar-refractivity contribution is 6.33. The number of hydrogen-bond acceptors (Lipinski definition) is 1. The molecule has 11 aromatic carbocycles. The highest BCUT2D eigenvalue weighted by atomic mass is 16.3. The van der Waals surface area contributed by atoms with Gasteiger partial charge in [0.05, 0.1) is 22.0 Å². The van der Waals surface area contributed by atoms with E-state index in [1.807, 2.05) is 0 Å². The highest BCUT2D eigenvalue weighted by Crippen LogP contribution is 2.64. The summed E-state index contributed by atoms with van der Waals surface area (Å²) in [7, 11) is 0. The second kappa shape index (κ2) is 11.2. The van der Waals surface area contributed by atoms with Crippen LogP contribution >= 0.6 is 0 Å². The van der Waals surface area contributed by atoms with E-state index in [-0.39, 0.29) is 0 Å². The second-order valence-corrected chi connectivity index (χ2v) is 17.8. The monoisotopic (exact) mass is 795 g/mol. The zero-order valence-electron chi connectivity index (χ0n) is 33.9. The number of para-hydroxylation sites is 2. The summed E-state index contributed by atoms with van der Waals surface area (Å²) in [5.41, 5.74) is 20.8. The topological polar surface area (TPSA) is 17.6 Å². The Balaban J connectivity index is 0.968. The lowest BCUT2D eigenvalue weighted by molar-refractivity contribution is 0.669. The third-order valence-electron chi connectivity index (χ3n) is 15.1. The first-order valence-corrected chi connectivity index (χ1v) is 22.0. The van der Waals surface area contributed by atoms with Gasteiger partial charge in [-0.15, -0.1) is 0 Å². The van der Waals surface area contributed by atoms with Gasteiger partial charge < -0.3 is 8.82 Å². The van der Waals surface area contributed by atoms with E-state index in [2.05, 4.69) is 205 Å². The van der Waals surface area contributed by atoms with Crippen molar-refractivity contribution in [2.24, 2.45) is 0 Å². The van der Waals surface area contributed by atoms with Crippen molar-refractivity contribution in [3.8, 4) is 44.5 Å². The average Bonchev–Trinajstić information content (AvgIpc) is 4.14. The Hall–Kier alpha value is -8.20. The Morgan fingerprint density at radius 1 is 0.317 bits per heavy atom. The number of nitrogens with zero attached hydrogens (tertiary/aromatic N) is 1. The molecular formula is C61H33NO. The maximum absolute atomic E-state index is 6.41. The van der Waals surface area contributed by atoms with E-state index in [4.69, 9.17) is 4.42 Å². The molecule has 0 N–H and O–H groups in total. The molecule has 16 rings (SSSR count). The number of benzene rings is 11. The number of fused-ring (bicyclic) bond motifs is 19. The van der Waals surface area contributed by atoms with Gasteiger partial charge in [-0.1, -0.05) is 158 Å². The number of furan rings is 1. The molecule has 0 fully saturated rings. The third kappa shape index (κ3) is 3.77. The molecule has 2 aliphatic rings. The van der Waals surface area contributed by atoms with Crippen molar-refractivity contribution >= 4 is 81.6 Å². The van der Waals surface area contributed by atoms with Crippen molar-refractivity contribution in [2.75, 3.05) is 0 Å². The van der Waals surface area contributed by atoms with Crippen LogP contribution in [0.3, 0.4) is 0 Å². The fourth-order valence-corrected chi connectivity index (χ4v) is 12.7. The summed E-state index contributed by atoms with van der Waals surface area (Å²) >= 11 is 0. The second-order valence-electron chi connectivity index (χ2n) is 17.8. The van der Waals surface area contributed by atoms with E-state index < -0.39 is 5.41 Å². The van der Waals surface area contributed by atoms with Crippen molar-refractivity contribution in [1.82, 2.24) is 4.40 Å². The summed E-state index contributed by atoms with van der Waals surface area (Å²) in [4.78, 5) is 0. The van der Waals surface area contributed by atoms with Crippen LogP contribution in [0.1, 0.15) is 22.3 Å². The van der Waals surface area contributed by atoms with E-state index in [1.165, 1.54) is 137 Å². The Bertz CT molecular complexity index is 4280. The molecule has 63 heavy (non-hydrogen) atoms. The predicted molar refractivity (Wildman–Crippen MR) is 262 cm³/mol. The van der Waals surface area contributed by atoms with Crippen LogP contribution in [-0.4, -0.2) is 4.40 Å². The molecule has 0 radical (unpaired) electrons. The molecule has 2 aliphatic carbocycles. The average molecular weight is 796 g/mol. The first-order valence-electron chi connectivity index (χ1n) is 22.0. The standard InChI is InChI=1S/C61H33NO/c1-4-19-49-39(11-1)40-12-2-5-20-50(40)61(49)51-21-8-14-37(36-26-28-38-42-15-9-23-55-58(42)59-43(47(38)32-36)16-10-24-56(59)63-55)57(51)46-29-25-35(33-52(46)61)34-27-30-54-48(31-34)45-18-7-17-44-41-13-3-6-22-53(41)62(54)60(44)45/h1-33H. The van der Waals surface area contributed by atoms with E-state index in [9.17, 15) is 0 Å². The largest absolute Gasteiger partial charge is 0.456 e. The summed E-state index contributed by atoms with van der Waals surface area (Å²) in [6.45, 7) is 0. The van der Waals surface area contributed by atoms with Crippen molar-refractivity contribution < 1.29 is 4.42 Å². The van der Waals surface area contributed by atoms with Gasteiger partial charge in [-0.05, 0) is 131 Å². The molecule has 0 saturated carbocycles. The van der Waals surface area contributed by atoms with Crippen LogP contribution in [0.5, 0.6) is 0 Å². The van der Waals surface area contributed by atoms with Gasteiger partial charge in [0.25, 0.3) is 0 Å². The van der Waals surface area contributed by atoms with Crippen LogP contribution in [0.15, 0.2) is 205 Å². The van der Waals surface area contributed by atoms with Gasteiger partial charge in [-0.3, -0.25) is 0 Å². The minimum Gasteiger partial charge on any atom is -0.456 e. The van der Waals surface area contributed by atoms with Gasteiger partial charge in [-0.25, -0.2) is 0 Å². The Kier molecular flexibility index (Phi) is 5.78. The van der Waals surface area contributed by atoms with Crippen LogP contribution < -0.4 is 0 Å². The Labute approximate surface area is 361 Å². The Morgan fingerprint density at radius 3 is 1.68 bits per heavy atom. The number of hydrogen-bond donors (Lipinski definition) is 0. The van der Waals surface area contributed by atoms with Crippen LogP contribution in [0, 0.1) is 0 Å². The first kappa shape index (κ1) is 32.6. The predicted octanol–water partition coefficient (Wildman–Crippen LogP) is 16.2. The lowest BCUT2D eigenvalue weighted by atomic mass is 9.70. The summed E-state index contributed by atoms with van der Waals surface area (Å²) in [5, 5.41) is 12.6. The van der Waals surface area contributed by atoms with Crippen LogP contribution in [0.4, 0.5) is 0 Å². The van der Waals surface area contributed by atoms with Crippen molar-refractivity contribution in [1.29, 1.82) is 0 Å². The minimum atomic E-state index is -0.482. The molecule has 0 amide bonds. The van der Waals surface area contributed by atoms with Crippen LogP contribution in [0.25, 0.3) is 126 Å². The summed E-state index contributed by atoms with van der Waals surface area (Å²) in [6.07, 6.45) is 0. The fraction of sp³-hybridized carbons (Fsp3) is 0.0164. The van der Waals surface area contributed by atoms with E-state index in [0.29, 0.717) is 0 Å². The van der Waals surface area contributed by atoms with E-state index >= 15 is 0 Å². The van der Waals surface area contributed by atoms with Gasteiger partial charge >= 0.3 is 0 Å². The lowest BCUT2D eigenvalue weighted by Crippen LogP contribution is -2.25. The summed E-state index contributed by atoms with van der Waals surface area (Å²) in [6, 6.07) is 75.4.